The summed E-state index contributed by atoms with van der Waals surface area (Å²) in [6.45, 7) is 6.48. The molecule has 110 valence electrons. The number of hydrogen-bond acceptors (Lipinski definition) is 4. The molecular weight excluding hydrogens is 262 g/mol. The predicted molar refractivity (Wildman–Crippen MR) is 86.6 cm³/mol. The summed E-state index contributed by atoms with van der Waals surface area (Å²) in [5, 5.41) is 18.7. The van der Waals surface area contributed by atoms with Crippen molar-refractivity contribution in [1.82, 2.24) is 5.01 Å². The normalized spacial score (nSPS) is 21.6. The van der Waals surface area contributed by atoms with E-state index in [1.165, 1.54) is 5.56 Å². The number of fused-ring (bicyclic) bond motifs is 1. The van der Waals surface area contributed by atoms with Crippen LogP contribution in [0.25, 0.3) is 0 Å². The third-order valence-corrected chi connectivity index (χ3v) is 3.94. The molecule has 1 unspecified atom stereocenters. The molecule has 1 heterocycles. The molecule has 0 spiro atoms. The van der Waals surface area contributed by atoms with Gasteiger partial charge in [0.1, 0.15) is 11.4 Å². The molecule has 1 aliphatic heterocycles. The minimum atomic E-state index is 0.0282. The van der Waals surface area contributed by atoms with Crippen LogP contribution in [0.5, 0.6) is 5.75 Å². The van der Waals surface area contributed by atoms with Crippen LogP contribution in [0.15, 0.2) is 47.6 Å². The summed E-state index contributed by atoms with van der Waals surface area (Å²) in [6, 6.07) is 5.86. The van der Waals surface area contributed by atoms with Gasteiger partial charge in [0.15, 0.2) is 0 Å². The van der Waals surface area contributed by atoms with E-state index in [1.54, 1.807) is 11.2 Å². The summed E-state index contributed by atoms with van der Waals surface area (Å²) in [4.78, 5) is 0. The van der Waals surface area contributed by atoms with Gasteiger partial charge in [0.2, 0.25) is 0 Å². The Bertz CT molecular complexity index is 652. The quantitative estimate of drug-likeness (QED) is 0.860. The van der Waals surface area contributed by atoms with Gasteiger partial charge in [-0.25, -0.2) is 0 Å². The smallest absolute Gasteiger partial charge is 0.142 e. The topological polar surface area (TPSA) is 39.1 Å². The monoisotopic (exact) mass is 283 g/mol. The summed E-state index contributed by atoms with van der Waals surface area (Å²) in [5.41, 5.74) is 2.90. The van der Waals surface area contributed by atoms with Crippen LogP contribution in [-0.4, -0.2) is 28.9 Å². The number of phenols is 1. The van der Waals surface area contributed by atoms with Gasteiger partial charge in [-0.05, 0) is 29.2 Å². The molecule has 1 atom stereocenters. The molecule has 2 aliphatic rings. The van der Waals surface area contributed by atoms with Gasteiger partial charge in [0.25, 0.3) is 0 Å². The third-order valence-electron chi connectivity index (χ3n) is 3.94. The molecule has 1 aromatic rings. The van der Waals surface area contributed by atoms with Gasteiger partial charge in [-0.15, -0.1) is 0 Å². The van der Waals surface area contributed by atoms with Crippen LogP contribution in [0.1, 0.15) is 26.3 Å². The van der Waals surface area contributed by atoms with Gasteiger partial charge >= 0.3 is 0 Å². The second-order valence-corrected chi connectivity index (χ2v) is 6.53. The Hall–Kier alpha value is -2.07. The van der Waals surface area contributed by atoms with Gasteiger partial charge in [0.05, 0.1) is 11.8 Å². The number of aromatic hydroxyl groups is 1. The lowest BCUT2D eigenvalue weighted by molar-refractivity contribution is 0.327. The number of likely N-dealkylation sites (N-methyl/N-ethyl adjacent to an activating group) is 1. The first kappa shape index (κ1) is 13.9. The number of hydrogen-bond donors (Lipinski definition) is 1. The lowest BCUT2D eigenvalue weighted by Crippen LogP contribution is -2.39. The van der Waals surface area contributed by atoms with E-state index >= 15 is 0 Å². The van der Waals surface area contributed by atoms with Crippen LogP contribution in [0.4, 0.5) is 5.69 Å². The highest BCUT2D eigenvalue weighted by atomic mass is 16.3. The van der Waals surface area contributed by atoms with Crippen molar-refractivity contribution in [1.29, 1.82) is 0 Å². The highest BCUT2D eigenvalue weighted by Crippen LogP contribution is 2.36. The van der Waals surface area contributed by atoms with Crippen LogP contribution in [0.2, 0.25) is 0 Å². The van der Waals surface area contributed by atoms with Gasteiger partial charge < -0.3 is 5.11 Å². The van der Waals surface area contributed by atoms with Gasteiger partial charge in [-0.3, -0.25) is 0 Å². The first-order chi connectivity index (χ1) is 9.88. The number of allylic oxidation sites excluding steroid dienone is 2. The molecule has 0 fully saturated rings. The van der Waals surface area contributed by atoms with E-state index in [2.05, 4.69) is 31.9 Å². The Morgan fingerprint density at radius 3 is 2.62 bits per heavy atom. The van der Waals surface area contributed by atoms with E-state index in [0.29, 0.717) is 5.69 Å². The molecule has 0 radical (unpaired) electrons. The van der Waals surface area contributed by atoms with Crippen LogP contribution >= 0.6 is 0 Å². The Labute approximate surface area is 125 Å². The molecule has 4 nitrogen and oxygen atoms in total. The summed E-state index contributed by atoms with van der Waals surface area (Å²) in [6.07, 6.45) is 8.11. The summed E-state index contributed by atoms with van der Waals surface area (Å²) in [5.74, 6) is 0.241. The maximum absolute atomic E-state index is 10.2. The van der Waals surface area contributed by atoms with E-state index in [0.717, 1.165) is 5.71 Å². The number of nitrogens with zero attached hydrogens (tertiary/aromatic N) is 3. The SMILES string of the molecule is CN1C2C=CC=CC2=NN1c1cc(C(C)(C)C)ccc1O. The van der Waals surface area contributed by atoms with Crippen LogP contribution < -0.4 is 5.12 Å². The van der Waals surface area contributed by atoms with Gasteiger partial charge in [-0.2, -0.15) is 15.2 Å². The van der Waals surface area contributed by atoms with Crippen molar-refractivity contribution < 1.29 is 5.11 Å². The zero-order valence-corrected chi connectivity index (χ0v) is 12.9. The van der Waals surface area contributed by atoms with Crippen molar-refractivity contribution in [3.05, 3.63) is 48.1 Å². The fourth-order valence-corrected chi connectivity index (χ4v) is 2.60. The average Bonchev–Trinajstić information content (AvgIpc) is 2.76. The number of hydrazone groups is 1. The zero-order valence-electron chi connectivity index (χ0n) is 12.9. The Morgan fingerprint density at radius 1 is 1.19 bits per heavy atom. The average molecular weight is 283 g/mol. The fourth-order valence-electron chi connectivity index (χ4n) is 2.60. The largest absolute Gasteiger partial charge is 0.506 e. The number of rotatable bonds is 1. The fraction of sp³-hybridized carbons (Fsp3) is 0.353. The van der Waals surface area contributed by atoms with Gasteiger partial charge in [0, 0.05) is 7.05 Å². The molecule has 3 rings (SSSR count). The van der Waals surface area contributed by atoms with E-state index in [4.69, 9.17) is 0 Å². The van der Waals surface area contributed by atoms with Crippen LogP contribution in [0.3, 0.4) is 0 Å². The molecule has 0 saturated heterocycles. The summed E-state index contributed by atoms with van der Waals surface area (Å²) < 4.78 is 0. The molecule has 21 heavy (non-hydrogen) atoms. The first-order valence-corrected chi connectivity index (χ1v) is 7.17. The minimum absolute atomic E-state index is 0.0282. The predicted octanol–water partition coefficient (Wildman–Crippen LogP) is 3.21. The third kappa shape index (κ3) is 2.36. The molecule has 0 saturated carbocycles. The highest BCUT2D eigenvalue weighted by molar-refractivity contribution is 6.03. The molecule has 4 heteroatoms. The van der Waals surface area contributed by atoms with Crippen LogP contribution in [0, 0.1) is 0 Å². The molecule has 0 bridgehead atoms. The molecule has 0 amide bonds. The zero-order chi connectivity index (χ0) is 15.2. The number of hydrazine groups is 1. The number of phenolic OH excluding ortho intramolecular Hbond substituents is 1. The summed E-state index contributed by atoms with van der Waals surface area (Å²) in [7, 11) is 1.98. The second-order valence-electron chi connectivity index (χ2n) is 6.53. The van der Waals surface area contributed by atoms with E-state index < -0.39 is 0 Å². The standard InChI is InChI=1S/C17H21N3O/c1-17(2,3)12-9-10-16(21)15(11-12)20-18-13-7-5-6-8-14(13)19(20)4/h5-11,14,21H,1-4H3. The van der Waals surface area contributed by atoms with Crippen molar-refractivity contribution in [2.75, 3.05) is 12.2 Å². The summed E-state index contributed by atoms with van der Waals surface area (Å²) >= 11 is 0. The minimum Gasteiger partial charge on any atom is -0.506 e. The Morgan fingerprint density at radius 2 is 1.95 bits per heavy atom. The highest BCUT2D eigenvalue weighted by Gasteiger charge is 2.32. The maximum atomic E-state index is 10.2. The Balaban J connectivity index is 2.03. The molecular formula is C17H21N3O. The van der Waals surface area contributed by atoms with Crippen molar-refractivity contribution in [3.63, 3.8) is 0 Å². The lowest BCUT2D eigenvalue weighted by Gasteiger charge is -2.28. The van der Waals surface area contributed by atoms with E-state index in [-0.39, 0.29) is 17.2 Å². The van der Waals surface area contributed by atoms with Crippen molar-refractivity contribution in [2.24, 2.45) is 5.10 Å². The molecule has 1 N–H and O–H groups in total. The number of anilines is 1. The van der Waals surface area contributed by atoms with Crippen molar-refractivity contribution >= 4 is 11.4 Å². The van der Waals surface area contributed by atoms with E-state index in [9.17, 15) is 5.11 Å². The Kier molecular flexibility index (Phi) is 3.14. The number of benzene rings is 1. The second kappa shape index (κ2) is 4.74. The van der Waals surface area contributed by atoms with E-state index in [1.807, 2.05) is 42.4 Å². The van der Waals surface area contributed by atoms with Crippen molar-refractivity contribution in [2.45, 2.75) is 32.2 Å². The maximum Gasteiger partial charge on any atom is 0.142 e. The van der Waals surface area contributed by atoms with Crippen molar-refractivity contribution in [3.8, 4) is 5.75 Å². The molecule has 1 aliphatic carbocycles. The molecule has 1 aromatic carbocycles. The lowest BCUT2D eigenvalue weighted by atomic mass is 9.87. The van der Waals surface area contributed by atoms with Crippen LogP contribution in [-0.2, 0) is 5.41 Å². The first-order valence-electron chi connectivity index (χ1n) is 7.17. The molecule has 0 aromatic heterocycles. The van der Waals surface area contributed by atoms with Gasteiger partial charge in [-0.1, -0.05) is 45.1 Å².